The molecule has 3 atom stereocenters. The molecule has 0 aromatic carbocycles. The zero-order valence-corrected chi connectivity index (χ0v) is 15.0. The molecule has 22 heavy (non-hydrogen) atoms. The molecule has 2 nitrogen and oxygen atoms in total. The van der Waals surface area contributed by atoms with E-state index in [1.165, 1.54) is 11.1 Å². The van der Waals surface area contributed by atoms with Gasteiger partial charge >= 0.3 is 0 Å². The van der Waals surface area contributed by atoms with Crippen molar-refractivity contribution in [2.45, 2.75) is 78.4 Å². The number of allylic oxidation sites excluding steroid dienone is 4. The summed E-state index contributed by atoms with van der Waals surface area (Å²) in [4.78, 5) is 0. The summed E-state index contributed by atoms with van der Waals surface area (Å²) in [5.41, 5.74) is 1.67. The van der Waals surface area contributed by atoms with Crippen LogP contribution in [0.1, 0.15) is 66.7 Å². The van der Waals surface area contributed by atoms with E-state index in [9.17, 15) is 10.2 Å². The van der Waals surface area contributed by atoms with Crippen LogP contribution in [0.4, 0.5) is 0 Å². The molecule has 0 bridgehead atoms. The molecule has 0 saturated heterocycles. The number of hydrogen-bond donors (Lipinski definition) is 2. The molecule has 2 N–H and O–H groups in total. The topological polar surface area (TPSA) is 40.5 Å². The maximum Gasteiger partial charge on any atom is 0.0827 e. The molecule has 0 saturated carbocycles. The van der Waals surface area contributed by atoms with E-state index in [0.29, 0.717) is 18.3 Å². The molecule has 0 aromatic heterocycles. The molecule has 1 rings (SSSR count). The first-order valence-corrected chi connectivity index (χ1v) is 8.62. The van der Waals surface area contributed by atoms with Crippen molar-refractivity contribution in [3.63, 3.8) is 0 Å². The quantitative estimate of drug-likeness (QED) is 0.684. The third-order valence-electron chi connectivity index (χ3n) is 4.56. The first-order valence-electron chi connectivity index (χ1n) is 8.62. The van der Waals surface area contributed by atoms with Gasteiger partial charge in [0, 0.05) is 6.42 Å². The third-order valence-corrected chi connectivity index (χ3v) is 4.56. The second-order valence-corrected chi connectivity index (χ2v) is 7.54. The van der Waals surface area contributed by atoms with E-state index in [4.69, 9.17) is 0 Å². The predicted octanol–water partition coefficient (Wildman–Crippen LogP) is 4.78. The van der Waals surface area contributed by atoms with Gasteiger partial charge in [-0.2, -0.15) is 0 Å². The van der Waals surface area contributed by atoms with Gasteiger partial charge in [-0.3, -0.25) is 0 Å². The van der Waals surface area contributed by atoms with Crippen molar-refractivity contribution in [1.82, 2.24) is 0 Å². The minimum absolute atomic E-state index is 0.348. The van der Waals surface area contributed by atoms with Crippen LogP contribution >= 0.6 is 0 Å². The Kier molecular flexibility index (Phi) is 7.58. The fourth-order valence-corrected chi connectivity index (χ4v) is 2.99. The van der Waals surface area contributed by atoms with Gasteiger partial charge in [-0.25, -0.2) is 0 Å². The molecule has 2 heteroatoms. The standard InChI is InChI=1S/C20H34O2/c1-15(2)18-10-9-16(3)7-6-8-17(4)13-19(21)14-20(5,22)12-11-18/h7,11-13,15,18-19,21-22H,6,8-10,14H2,1-5H3/b12-11+,16-7+,17-13-/t18-,19+,20+/m1/s1. The van der Waals surface area contributed by atoms with E-state index in [1.54, 1.807) is 6.92 Å². The summed E-state index contributed by atoms with van der Waals surface area (Å²) in [7, 11) is 0. The van der Waals surface area contributed by atoms with E-state index in [1.807, 2.05) is 12.2 Å². The van der Waals surface area contributed by atoms with Crippen molar-refractivity contribution in [2.24, 2.45) is 11.8 Å². The molecule has 0 amide bonds. The lowest BCUT2D eigenvalue weighted by Crippen LogP contribution is -2.27. The van der Waals surface area contributed by atoms with Crippen LogP contribution in [0.5, 0.6) is 0 Å². The summed E-state index contributed by atoms with van der Waals surface area (Å²) in [6.45, 7) is 10.5. The molecular weight excluding hydrogens is 272 g/mol. The molecule has 1 aliphatic rings. The van der Waals surface area contributed by atoms with Crippen LogP contribution in [0, 0.1) is 11.8 Å². The van der Waals surface area contributed by atoms with Crippen molar-refractivity contribution in [3.05, 3.63) is 35.5 Å². The van der Waals surface area contributed by atoms with Crippen LogP contribution < -0.4 is 0 Å². The number of rotatable bonds is 1. The minimum atomic E-state index is -0.960. The van der Waals surface area contributed by atoms with Crippen molar-refractivity contribution in [2.75, 3.05) is 0 Å². The Bertz CT molecular complexity index is 427. The molecule has 0 unspecified atom stereocenters. The fraction of sp³-hybridized carbons (Fsp3) is 0.700. The third kappa shape index (κ3) is 7.42. The molecular formula is C20H34O2. The maximum absolute atomic E-state index is 10.5. The predicted molar refractivity (Wildman–Crippen MR) is 94.7 cm³/mol. The Morgan fingerprint density at radius 3 is 2.50 bits per heavy atom. The molecule has 0 aromatic rings. The monoisotopic (exact) mass is 306 g/mol. The molecule has 0 spiro atoms. The van der Waals surface area contributed by atoms with Gasteiger partial charge in [0.1, 0.15) is 0 Å². The Morgan fingerprint density at radius 1 is 1.18 bits per heavy atom. The van der Waals surface area contributed by atoms with Crippen LogP contribution in [0.3, 0.4) is 0 Å². The van der Waals surface area contributed by atoms with Crippen LogP contribution in [0.15, 0.2) is 35.5 Å². The first-order chi connectivity index (χ1) is 10.2. The smallest absolute Gasteiger partial charge is 0.0827 e. The molecule has 0 fully saturated rings. The van der Waals surface area contributed by atoms with Crippen LogP contribution in [-0.4, -0.2) is 21.9 Å². The Labute approximate surface area is 136 Å². The van der Waals surface area contributed by atoms with Crippen LogP contribution in [0.2, 0.25) is 0 Å². The number of hydrogen-bond acceptors (Lipinski definition) is 2. The first kappa shape index (κ1) is 19.2. The Balaban J connectivity index is 2.97. The van der Waals surface area contributed by atoms with Gasteiger partial charge in [0.05, 0.1) is 11.7 Å². The number of aliphatic hydroxyl groups excluding tert-OH is 1. The van der Waals surface area contributed by atoms with E-state index < -0.39 is 11.7 Å². The average Bonchev–Trinajstić information content (AvgIpc) is 2.36. The van der Waals surface area contributed by atoms with Gasteiger partial charge in [0.25, 0.3) is 0 Å². The van der Waals surface area contributed by atoms with Gasteiger partial charge in [0.2, 0.25) is 0 Å². The Morgan fingerprint density at radius 2 is 1.86 bits per heavy atom. The summed E-state index contributed by atoms with van der Waals surface area (Å²) in [6.07, 6.45) is 12.2. The van der Waals surface area contributed by atoms with Crippen LogP contribution in [-0.2, 0) is 0 Å². The summed E-state index contributed by atoms with van der Waals surface area (Å²) >= 11 is 0. The van der Waals surface area contributed by atoms with Crippen molar-refractivity contribution in [1.29, 1.82) is 0 Å². The highest BCUT2D eigenvalue weighted by Crippen LogP contribution is 2.25. The highest BCUT2D eigenvalue weighted by molar-refractivity contribution is 5.10. The van der Waals surface area contributed by atoms with E-state index in [0.717, 1.165) is 25.7 Å². The van der Waals surface area contributed by atoms with Crippen molar-refractivity contribution in [3.8, 4) is 0 Å². The van der Waals surface area contributed by atoms with Gasteiger partial charge in [0.15, 0.2) is 0 Å². The summed E-state index contributed by atoms with van der Waals surface area (Å²) in [5, 5.41) is 20.7. The highest BCUT2D eigenvalue weighted by atomic mass is 16.3. The zero-order chi connectivity index (χ0) is 16.8. The lowest BCUT2D eigenvalue weighted by Gasteiger charge is -2.24. The fourth-order valence-electron chi connectivity index (χ4n) is 2.99. The second kappa shape index (κ2) is 8.69. The van der Waals surface area contributed by atoms with E-state index in [-0.39, 0.29) is 0 Å². The molecule has 0 aliphatic heterocycles. The summed E-state index contributed by atoms with van der Waals surface area (Å²) < 4.78 is 0. The molecule has 0 heterocycles. The van der Waals surface area contributed by atoms with E-state index in [2.05, 4.69) is 39.8 Å². The van der Waals surface area contributed by atoms with Gasteiger partial charge in [-0.15, -0.1) is 0 Å². The molecule has 0 radical (unpaired) electrons. The molecule has 126 valence electrons. The number of aliphatic hydroxyl groups is 2. The Hall–Kier alpha value is -0.860. The summed E-state index contributed by atoms with van der Waals surface area (Å²) in [5.74, 6) is 1.02. The summed E-state index contributed by atoms with van der Waals surface area (Å²) in [6, 6.07) is 0. The largest absolute Gasteiger partial charge is 0.389 e. The van der Waals surface area contributed by atoms with Crippen LogP contribution in [0.25, 0.3) is 0 Å². The van der Waals surface area contributed by atoms with Crippen molar-refractivity contribution >= 4 is 0 Å². The van der Waals surface area contributed by atoms with Crippen molar-refractivity contribution < 1.29 is 10.2 Å². The maximum atomic E-state index is 10.5. The SMILES string of the molecule is C/C1=C/[C@H](O)C[C@@](C)(O)/C=C/[C@H](C(C)C)CC/C(C)=C/CC1. The normalized spacial score (nSPS) is 38.5. The molecule has 1 aliphatic carbocycles. The second-order valence-electron chi connectivity index (χ2n) is 7.54. The highest BCUT2D eigenvalue weighted by Gasteiger charge is 2.21. The lowest BCUT2D eigenvalue weighted by molar-refractivity contribution is 0.0565. The van der Waals surface area contributed by atoms with Gasteiger partial charge < -0.3 is 10.2 Å². The lowest BCUT2D eigenvalue weighted by atomic mass is 9.86. The minimum Gasteiger partial charge on any atom is -0.389 e. The average molecular weight is 306 g/mol. The zero-order valence-electron chi connectivity index (χ0n) is 15.0. The van der Waals surface area contributed by atoms with E-state index >= 15 is 0 Å². The van der Waals surface area contributed by atoms with Gasteiger partial charge in [-0.1, -0.05) is 49.3 Å². The van der Waals surface area contributed by atoms with Gasteiger partial charge in [-0.05, 0) is 58.3 Å².